The minimum absolute atomic E-state index is 0.0657. The Morgan fingerprint density at radius 2 is 2.33 bits per heavy atom. The lowest BCUT2D eigenvalue weighted by molar-refractivity contribution is -0.140. The van der Waals surface area contributed by atoms with E-state index in [1.165, 1.54) is 6.08 Å². The Morgan fingerprint density at radius 3 is 2.83 bits per heavy atom. The highest BCUT2D eigenvalue weighted by atomic mass is 16.5. The third kappa shape index (κ3) is 5.88. The Balaban J connectivity index is 3.46. The van der Waals surface area contributed by atoms with Crippen molar-refractivity contribution in [3.8, 4) is 0 Å². The number of hydrogen-bond donors (Lipinski definition) is 2. The van der Waals surface area contributed by atoms with E-state index in [-0.39, 0.29) is 19.6 Å². The van der Waals surface area contributed by atoms with Gasteiger partial charge in [-0.15, -0.1) is 0 Å². The van der Waals surface area contributed by atoms with Crippen molar-refractivity contribution in [2.24, 2.45) is 0 Å². The Labute approximate surface area is 71.5 Å². The number of aliphatic hydroxyl groups excluding tert-OH is 2. The number of carbonyl (C=O) groups is 1. The molecule has 0 aliphatic rings. The van der Waals surface area contributed by atoms with Crippen molar-refractivity contribution < 1.29 is 19.7 Å². The van der Waals surface area contributed by atoms with E-state index in [9.17, 15) is 4.79 Å². The highest BCUT2D eigenvalue weighted by Crippen LogP contribution is 1.92. The van der Waals surface area contributed by atoms with Crippen LogP contribution in [0.3, 0.4) is 0 Å². The predicted molar refractivity (Wildman–Crippen MR) is 43.5 cm³/mol. The second-order valence-electron chi connectivity index (χ2n) is 2.30. The summed E-state index contributed by atoms with van der Waals surface area (Å²) in [5, 5.41) is 17.4. The van der Waals surface area contributed by atoms with Crippen LogP contribution in [0.25, 0.3) is 0 Å². The third-order valence-corrected chi connectivity index (χ3v) is 1.18. The summed E-state index contributed by atoms with van der Waals surface area (Å²) in [6, 6.07) is 0. The highest BCUT2D eigenvalue weighted by Gasteiger charge is 2.05. The Kier molecular flexibility index (Phi) is 6.32. The number of carbonyl (C=O) groups excluding carboxylic acids is 1. The molecule has 0 spiro atoms. The van der Waals surface area contributed by atoms with Crippen molar-refractivity contribution in [2.45, 2.75) is 19.4 Å². The lowest BCUT2D eigenvalue weighted by atomic mass is 10.3. The highest BCUT2D eigenvalue weighted by molar-refractivity contribution is 5.81. The smallest absolute Gasteiger partial charge is 0.330 e. The molecule has 4 heteroatoms. The van der Waals surface area contributed by atoms with Crippen LogP contribution in [0.2, 0.25) is 0 Å². The topological polar surface area (TPSA) is 66.8 Å². The quantitative estimate of drug-likeness (QED) is 0.449. The average Bonchev–Trinajstić information content (AvgIpc) is 2.02. The molecule has 0 aromatic heterocycles. The fourth-order valence-corrected chi connectivity index (χ4v) is 0.595. The Morgan fingerprint density at radius 1 is 1.67 bits per heavy atom. The van der Waals surface area contributed by atoms with Gasteiger partial charge >= 0.3 is 5.97 Å². The van der Waals surface area contributed by atoms with Gasteiger partial charge in [-0.2, -0.15) is 0 Å². The van der Waals surface area contributed by atoms with Crippen LogP contribution < -0.4 is 0 Å². The molecule has 0 amide bonds. The van der Waals surface area contributed by atoms with Gasteiger partial charge in [0, 0.05) is 12.7 Å². The van der Waals surface area contributed by atoms with Crippen LogP contribution in [0.15, 0.2) is 12.2 Å². The van der Waals surface area contributed by atoms with E-state index >= 15 is 0 Å². The molecule has 0 aliphatic carbocycles. The molecule has 0 saturated heterocycles. The van der Waals surface area contributed by atoms with Gasteiger partial charge in [0.25, 0.3) is 0 Å². The zero-order valence-electron chi connectivity index (χ0n) is 7.06. The van der Waals surface area contributed by atoms with Crippen LogP contribution in [-0.2, 0) is 9.53 Å². The van der Waals surface area contributed by atoms with Gasteiger partial charge in [0.05, 0.1) is 6.10 Å². The summed E-state index contributed by atoms with van der Waals surface area (Å²) >= 11 is 0. The van der Waals surface area contributed by atoms with Gasteiger partial charge in [-0.1, -0.05) is 6.08 Å². The van der Waals surface area contributed by atoms with Gasteiger partial charge in [-0.25, -0.2) is 4.79 Å². The van der Waals surface area contributed by atoms with Crippen LogP contribution in [0.5, 0.6) is 0 Å². The van der Waals surface area contributed by atoms with Crippen LogP contribution in [0.1, 0.15) is 13.3 Å². The molecule has 0 aromatic carbocycles. The molecule has 12 heavy (non-hydrogen) atoms. The lowest BCUT2D eigenvalue weighted by Gasteiger charge is -2.07. The third-order valence-electron chi connectivity index (χ3n) is 1.18. The Bertz CT molecular complexity index is 153. The van der Waals surface area contributed by atoms with E-state index in [1.54, 1.807) is 13.0 Å². The van der Waals surface area contributed by atoms with E-state index in [0.29, 0.717) is 0 Å². The summed E-state index contributed by atoms with van der Waals surface area (Å²) in [7, 11) is 0. The van der Waals surface area contributed by atoms with E-state index in [1.807, 2.05) is 0 Å². The zero-order valence-corrected chi connectivity index (χ0v) is 7.06. The van der Waals surface area contributed by atoms with Crippen LogP contribution in [-0.4, -0.2) is 35.5 Å². The van der Waals surface area contributed by atoms with E-state index in [4.69, 9.17) is 10.2 Å². The summed E-state index contributed by atoms with van der Waals surface area (Å²) in [4.78, 5) is 10.7. The van der Waals surface area contributed by atoms with Gasteiger partial charge in [0.2, 0.25) is 0 Å². The minimum Gasteiger partial charge on any atom is -0.460 e. The van der Waals surface area contributed by atoms with Gasteiger partial charge in [-0.05, 0) is 13.3 Å². The first-order chi connectivity index (χ1) is 5.70. The molecule has 0 saturated carbocycles. The number of esters is 1. The SMILES string of the molecule is C/C=C/C(=O)OCC(O)CCO. The van der Waals surface area contributed by atoms with Gasteiger partial charge in [-0.3, -0.25) is 0 Å². The Hall–Kier alpha value is -0.870. The fraction of sp³-hybridized carbons (Fsp3) is 0.625. The van der Waals surface area contributed by atoms with E-state index < -0.39 is 12.1 Å². The van der Waals surface area contributed by atoms with Crippen molar-refractivity contribution in [3.63, 3.8) is 0 Å². The summed E-state index contributed by atoms with van der Waals surface area (Å²) in [6.07, 6.45) is 2.28. The standard InChI is InChI=1S/C8H14O4/c1-2-3-8(11)12-6-7(10)4-5-9/h2-3,7,9-10H,4-6H2,1H3/b3-2+. The number of ether oxygens (including phenoxy) is 1. The van der Waals surface area contributed by atoms with Crippen LogP contribution in [0.4, 0.5) is 0 Å². The van der Waals surface area contributed by atoms with Gasteiger partial charge in [0.1, 0.15) is 6.61 Å². The maximum atomic E-state index is 10.7. The van der Waals surface area contributed by atoms with Gasteiger partial charge in [0.15, 0.2) is 0 Å². The molecular formula is C8H14O4. The molecule has 0 bridgehead atoms. The predicted octanol–water partition coefficient (Wildman–Crippen LogP) is -0.151. The second kappa shape index (κ2) is 6.82. The maximum absolute atomic E-state index is 10.7. The molecule has 0 heterocycles. The molecule has 2 N–H and O–H groups in total. The maximum Gasteiger partial charge on any atom is 0.330 e. The lowest BCUT2D eigenvalue weighted by Crippen LogP contribution is -2.18. The first-order valence-electron chi connectivity index (χ1n) is 3.79. The molecule has 1 atom stereocenters. The average molecular weight is 174 g/mol. The van der Waals surface area contributed by atoms with E-state index in [0.717, 1.165) is 0 Å². The van der Waals surface area contributed by atoms with Crippen molar-refractivity contribution >= 4 is 5.97 Å². The molecule has 0 radical (unpaired) electrons. The number of aliphatic hydroxyl groups is 2. The molecule has 4 nitrogen and oxygen atoms in total. The summed E-state index contributed by atoms with van der Waals surface area (Å²) in [5.41, 5.74) is 0. The van der Waals surface area contributed by atoms with Crippen LogP contribution in [0, 0.1) is 0 Å². The van der Waals surface area contributed by atoms with Gasteiger partial charge < -0.3 is 14.9 Å². The molecule has 0 aliphatic heterocycles. The molecule has 0 fully saturated rings. The normalized spacial score (nSPS) is 13.2. The van der Waals surface area contributed by atoms with Crippen molar-refractivity contribution in [1.29, 1.82) is 0 Å². The van der Waals surface area contributed by atoms with Crippen molar-refractivity contribution in [1.82, 2.24) is 0 Å². The monoisotopic (exact) mass is 174 g/mol. The van der Waals surface area contributed by atoms with Crippen LogP contribution >= 0.6 is 0 Å². The summed E-state index contributed by atoms with van der Waals surface area (Å²) < 4.78 is 4.61. The minimum atomic E-state index is -0.774. The molecule has 0 aromatic rings. The van der Waals surface area contributed by atoms with E-state index in [2.05, 4.69) is 4.74 Å². The molecule has 70 valence electrons. The first kappa shape index (κ1) is 11.1. The molecular weight excluding hydrogens is 160 g/mol. The zero-order chi connectivity index (χ0) is 9.40. The van der Waals surface area contributed by atoms with Crippen molar-refractivity contribution in [3.05, 3.63) is 12.2 Å². The van der Waals surface area contributed by atoms with Crippen molar-refractivity contribution in [2.75, 3.05) is 13.2 Å². The largest absolute Gasteiger partial charge is 0.460 e. The first-order valence-corrected chi connectivity index (χ1v) is 3.79. The molecule has 1 unspecified atom stereocenters. The number of hydrogen-bond acceptors (Lipinski definition) is 4. The number of rotatable bonds is 5. The summed E-state index contributed by atoms with van der Waals surface area (Å²) in [5.74, 6) is -0.477. The molecule has 0 rings (SSSR count). The second-order valence-corrected chi connectivity index (χ2v) is 2.30. The fourth-order valence-electron chi connectivity index (χ4n) is 0.595. The number of allylic oxidation sites excluding steroid dienone is 1. The summed E-state index contributed by atoms with van der Waals surface area (Å²) in [6.45, 7) is 1.53.